The lowest BCUT2D eigenvalue weighted by Gasteiger charge is -2.37. The SMILES string of the molecule is COC(CC1CCCC(C)C1)(c1ccccn1)c1nc2nc(-c3noc(=O)[nH]3)nc(-c3cccc(Cl)c3)c2n1C. The molecule has 0 aliphatic heterocycles. The van der Waals surface area contributed by atoms with E-state index < -0.39 is 11.4 Å². The first kappa shape index (κ1) is 26.3. The van der Waals surface area contributed by atoms with E-state index in [0.717, 1.165) is 30.5 Å². The lowest BCUT2D eigenvalue weighted by atomic mass is 9.75. The van der Waals surface area contributed by atoms with E-state index in [-0.39, 0.29) is 11.6 Å². The van der Waals surface area contributed by atoms with Crippen molar-refractivity contribution in [3.8, 4) is 22.9 Å². The first-order valence-electron chi connectivity index (χ1n) is 13.4. The first-order chi connectivity index (χ1) is 19.4. The minimum atomic E-state index is -0.924. The second kappa shape index (κ2) is 10.6. The molecule has 40 heavy (non-hydrogen) atoms. The summed E-state index contributed by atoms with van der Waals surface area (Å²) < 4.78 is 13.2. The number of nitrogens with zero attached hydrogens (tertiary/aromatic N) is 6. The third-order valence-electron chi connectivity index (χ3n) is 7.89. The molecule has 10 nitrogen and oxygen atoms in total. The zero-order valence-corrected chi connectivity index (χ0v) is 23.4. The summed E-state index contributed by atoms with van der Waals surface area (Å²) in [5.74, 6) is 1.37. The molecule has 1 aliphatic carbocycles. The maximum absolute atomic E-state index is 11.7. The number of H-pyrrole nitrogens is 1. The number of hydrogen-bond donors (Lipinski definition) is 1. The second-order valence-electron chi connectivity index (χ2n) is 10.6. The van der Waals surface area contributed by atoms with Crippen LogP contribution >= 0.6 is 11.6 Å². The summed E-state index contributed by atoms with van der Waals surface area (Å²) in [7, 11) is 3.66. The van der Waals surface area contributed by atoms with E-state index in [1.165, 1.54) is 12.8 Å². The number of pyridine rings is 1. The molecule has 0 spiro atoms. The highest BCUT2D eigenvalue weighted by molar-refractivity contribution is 6.30. The molecule has 1 fully saturated rings. The van der Waals surface area contributed by atoms with E-state index >= 15 is 0 Å². The molecule has 3 atom stereocenters. The van der Waals surface area contributed by atoms with Crippen molar-refractivity contribution in [2.24, 2.45) is 18.9 Å². The lowest BCUT2D eigenvalue weighted by molar-refractivity contribution is -0.0180. The standard InChI is InChI=1S/C29H30ClN7O3/c1-17-8-6-9-18(14-17)16-29(39-3,21-12-4-5-13-31-21)27-34-24-23(37(27)2)22(19-10-7-11-20(30)15-19)32-25(33-24)26-35-28(38)40-36-26/h4-5,7,10-13,15,17-18H,6,8-9,14,16H2,1-3H3,(H,35,36,38). The van der Waals surface area contributed by atoms with Crippen LogP contribution in [0.4, 0.5) is 0 Å². The number of imidazole rings is 1. The van der Waals surface area contributed by atoms with Gasteiger partial charge in [-0.25, -0.2) is 19.7 Å². The van der Waals surface area contributed by atoms with Crippen LogP contribution in [0.25, 0.3) is 34.1 Å². The van der Waals surface area contributed by atoms with Gasteiger partial charge in [-0.05, 0) is 48.9 Å². The molecule has 0 bridgehead atoms. The Kier molecular flexibility index (Phi) is 6.97. The van der Waals surface area contributed by atoms with Gasteiger partial charge in [-0.2, -0.15) is 0 Å². The van der Waals surface area contributed by atoms with Crippen LogP contribution in [0.5, 0.6) is 0 Å². The maximum Gasteiger partial charge on any atom is 0.439 e. The van der Waals surface area contributed by atoms with Gasteiger partial charge in [0, 0.05) is 30.9 Å². The average Bonchev–Trinajstić information content (AvgIpc) is 3.55. The van der Waals surface area contributed by atoms with Gasteiger partial charge >= 0.3 is 5.76 Å². The zero-order chi connectivity index (χ0) is 27.9. The van der Waals surface area contributed by atoms with Crippen molar-refractivity contribution in [1.82, 2.24) is 34.6 Å². The fraction of sp³-hybridized carbons (Fsp3) is 0.379. The van der Waals surface area contributed by atoms with E-state index in [2.05, 4.69) is 17.1 Å². The topological polar surface area (TPSA) is 125 Å². The molecule has 4 heterocycles. The predicted octanol–water partition coefficient (Wildman–Crippen LogP) is 5.53. The van der Waals surface area contributed by atoms with Gasteiger partial charge < -0.3 is 9.30 Å². The molecule has 1 N–H and O–H groups in total. The summed E-state index contributed by atoms with van der Waals surface area (Å²) in [6.07, 6.45) is 7.21. The van der Waals surface area contributed by atoms with Crippen LogP contribution in [0.15, 0.2) is 58.0 Å². The van der Waals surface area contributed by atoms with Gasteiger partial charge in [0.2, 0.25) is 11.6 Å². The monoisotopic (exact) mass is 559 g/mol. The van der Waals surface area contributed by atoms with Crippen molar-refractivity contribution in [2.45, 2.75) is 44.6 Å². The van der Waals surface area contributed by atoms with Crippen molar-refractivity contribution in [2.75, 3.05) is 7.11 Å². The molecule has 4 aromatic heterocycles. The van der Waals surface area contributed by atoms with E-state index in [9.17, 15) is 4.79 Å². The number of benzene rings is 1. The molecule has 5 aromatic rings. The van der Waals surface area contributed by atoms with Crippen LogP contribution in [-0.2, 0) is 17.4 Å². The highest BCUT2D eigenvalue weighted by atomic mass is 35.5. The third kappa shape index (κ3) is 4.71. The van der Waals surface area contributed by atoms with Gasteiger partial charge in [0.15, 0.2) is 11.2 Å². The second-order valence-corrected chi connectivity index (χ2v) is 11.0. The van der Waals surface area contributed by atoms with Gasteiger partial charge in [0.05, 0.1) is 5.69 Å². The van der Waals surface area contributed by atoms with Crippen molar-refractivity contribution in [3.63, 3.8) is 0 Å². The van der Waals surface area contributed by atoms with Crippen LogP contribution < -0.4 is 5.76 Å². The normalized spacial score (nSPS) is 19.1. The van der Waals surface area contributed by atoms with Gasteiger partial charge in [0.25, 0.3) is 0 Å². The van der Waals surface area contributed by atoms with Crippen LogP contribution in [0.1, 0.15) is 50.5 Å². The molecular weight excluding hydrogens is 530 g/mol. The highest BCUT2D eigenvalue weighted by Crippen LogP contribution is 2.44. The Hall–Kier alpha value is -3.89. The molecule has 6 rings (SSSR count). The van der Waals surface area contributed by atoms with Crippen LogP contribution in [-0.4, -0.2) is 41.8 Å². The lowest BCUT2D eigenvalue weighted by Crippen LogP contribution is -2.37. The number of nitrogens with one attached hydrogen (secondary N) is 1. The molecule has 0 amide bonds. The number of halogens is 1. The van der Waals surface area contributed by atoms with Gasteiger partial charge in [-0.3, -0.25) is 14.5 Å². The van der Waals surface area contributed by atoms with Crippen molar-refractivity contribution in [1.29, 1.82) is 0 Å². The molecule has 1 aromatic carbocycles. The van der Waals surface area contributed by atoms with Gasteiger partial charge in [-0.1, -0.05) is 61.1 Å². The zero-order valence-electron chi connectivity index (χ0n) is 22.6. The van der Waals surface area contributed by atoms with E-state index in [1.807, 2.05) is 48.0 Å². The number of fused-ring (bicyclic) bond motifs is 1. The molecule has 11 heteroatoms. The quantitative estimate of drug-likeness (QED) is 0.276. The smallest absolute Gasteiger partial charge is 0.364 e. The molecule has 206 valence electrons. The Morgan fingerprint density at radius 2 is 2.05 bits per heavy atom. The van der Waals surface area contributed by atoms with Crippen LogP contribution in [0, 0.1) is 11.8 Å². The molecule has 1 saturated carbocycles. The molecule has 0 radical (unpaired) electrons. The number of methoxy groups -OCH3 is 1. The minimum absolute atomic E-state index is 0.112. The van der Waals surface area contributed by atoms with Crippen LogP contribution in [0.2, 0.25) is 5.02 Å². The Morgan fingerprint density at radius 3 is 2.75 bits per heavy atom. The van der Waals surface area contributed by atoms with E-state index in [0.29, 0.717) is 39.5 Å². The number of aryl methyl sites for hydroxylation is 1. The molecule has 1 aliphatic rings. The summed E-state index contributed by atoms with van der Waals surface area (Å²) in [6.45, 7) is 2.32. The number of hydrogen-bond acceptors (Lipinski definition) is 8. The Labute approximate surface area is 235 Å². The summed E-state index contributed by atoms with van der Waals surface area (Å²) in [5, 5.41) is 4.37. The molecular formula is C29H30ClN7O3. The van der Waals surface area contributed by atoms with E-state index in [1.54, 1.807) is 19.4 Å². The third-order valence-corrected chi connectivity index (χ3v) is 8.13. The fourth-order valence-electron chi connectivity index (χ4n) is 6.08. The van der Waals surface area contributed by atoms with Crippen molar-refractivity contribution < 1.29 is 9.26 Å². The highest BCUT2D eigenvalue weighted by Gasteiger charge is 2.43. The summed E-state index contributed by atoms with van der Waals surface area (Å²) in [6, 6.07) is 13.3. The molecule has 3 unspecified atom stereocenters. The summed E-state index contributed by atoms with van der Waals surface area (Å²) in [5.41, 5.74) is 2.34. The first-order valence-corrected chi connectivity index (χ1v) is 13.8. The Balaban J connectivity index is 1.61. The van der Waals surface area contributed by atoms with Gasteiger partial charge in [-0.15, -0.1) is 0 Å². The molecule has 0 saturated heterocycles. The van der Waals surface area contributed by atoms with Crippen LogP contribution in [0.3, 0.4) is 0 Å². The summed E-state index contributed by atoms with van der Waals surface area (Å²) >= 11 is 6.38. The largest absolute Gasteiger partial charge is 0.439 e. The van der Waals surface area contributed by atoms with Crippen molar-refractivity contribution in [3.05, 3.63) is 75.8 Å². The fourth-order valence-corrected chi connectivity index (χ4v) is 6.27. The number of ether oxygens (including phenoxy) is 1. The number of rotatable bonds is 7. The minimum Gasteiger partial charge on any atom is -0.364 e. The number of aromatic nitrogens is 7. The number of aromatic amines is 1. The van der Waals surface area contributed by atoms with Gasteiger partial charge in [0.1, 0.15) is 17.0 Å². The summed E-state index contributed by atoms with van der Waals surface area (Å²) in [4.78, 5) is 33.6. The maximum atomic E-state index is 11.7. The predicted molar refractivity (Wildman–Crippen MR) is 151 cm³/mol. The average molecular weight is 560 g/mol. The van der Waals surface area contributed by atoms with E-state index in [4.69, 9.17) is 40.8 Å². The Morgan fingerprint density at radius 1 is 1.18 bits per heavy atom. The Bertz CT molecular complexity index is 1710. The van der Waals surface area contributed by atoms with Crippen molar-refractivity contribution >= 4 is 22.8 Å².